The summed E-state index contributed by atoms with van der Waals surface area (Å²) in [5.41, 5.74) is 0.176. The van der Waals surface area contributed by atoms with Crippen LogP contribution in [0.15, 0.2) is 30.3 Å². The lowest BCUT2D eigenvalue weighted by atomic mass is 9.68. The van der Waals surface area contributed by atoms with Gasteiger partial charge in [-0.25, -0.2) is 0 Å². The van der Waals surface area contributed by atoms with Crippen molar-refractivity contribution in [3.63, 3.8) is 0 Å². The highest BCUT2D eigenvalue weighted by molar-refractivity contribution is 6.47. The van der Waals surface area contributed by atoms with Crippen LogP contribution >= 0.6 is 0 Å². The van der Waals surface area contributed by atoms with Gasteiger partial charge in [0, 0.05) is 5.82 Å². The average molecular weight is 262 g/mol. The summed E-state index contributed by atoms with van der Waals surface area (Å²) in [7, 11) is -0.389. The van der Waals surface area contributed by atoms with Gasteiger partial charge in [-0.1, -0.05) is 37.3 Å². The second-order valence-electron chi connectivity index (χ2n) is 6.34. The molecular formula is C15H23BO3. The summed E-state index contributed by atoms with van der Waals surface area (Å²) in [6.07, 6.45) is -0.587. The van der Waals surface area contributed by atoms with E-state index < -0.39 is 6.10 Å². The van der Waals surface area contributed by atoms with E-state index in [2.05, 4.69) is 0 Å². The largest absolute Gasteiger partial charge is 0.463 e. The lowest BCUT2D eigenvalue weighted by molar-refractivity contribution is 0.00578. The lowest BCUT2D eigenvalue weighted by Gasteiger charge is -2.32. The summed E-state index contributed by atoms with van der Waals surface area (Å²) in [5, 5.41) is 10.4. The van der Waals surface area contributed by atoms with Crippen LogP contribution < -0.4 is 0 Å². The number of rotatable bonds is 3. The van der Waals surface area contributed by atoms with Crippen LogP contribution in [-0.2, 0) is 9.31 Å². The monoisotopic (exact) mass is 262 g/mol. The fourth-order valence-corrected chi connectivity index (χ4v) is 2.21. The van der Waals surface area contributed by atoms with Crippen LogP contribution in [0, 0.1) is 0 Å². The molecule has 1 aromatic rings. The Kier molecular flexibility index (Phi) is 3.78. The van der Waals surface area contributed by atoms with Crippen LogP contribution in [0.4, 0.5) is 0 Å². The minimum Gasteiger partial charge on any atom is -0.403 e. The fraction of sp³-hybridized carbons (Fsp3) is 0.600. The maximum atomic E-state index is 10.4. The zero-order chi connectivity index (χ0) is 14.3. The van der Waals surface area contributed by atoms with Crippen LogP contribution in [0.3, 0.4) is 0 Å². The van der Waals surface area contributed by atoms with Crippen molar-refractivity contribution in [1.82, 2.24) is 0 Å². The molecule has 19 heavy (non-hydrogen) atoms. The Labute approximate surface area is 116 Å². The number of hydrogen-bond acceptors (Lipinski definition) is 3. The van der Waals surface area contributed by atoms with Gasteiger partial charge >= 0.3 is 7.12 Å². The van der Waals surface area contributed by atoms with Crippen molar-refractivity contribution < 1.29 is 14.4 Å². The van der Waals surface area contributed by atoms with E-state index >= 15 is 0 Å². The van der Waals surface area contributed by atoms with E-state index in [1.54, 1.807) is 0 Å². The van der Waals surface area contributed by atoms with Crippen LogP contribution in [-0.4, -0.2) is 23.4 Å². The third kappa shape index (κ3) is 2.71. The van der Waals surface area contributed by atoms with E-state index in [-0.39, 0.29) is 24.1 Å². The van der Waals surface area contributed by atoms with Gasteiger partial charge in [-0.3, -0.25) is 0 Å². The predicted molar refractivity (Wildman–Crippen MR) is 76.9 cm³/mol. The van der Waals surface area contributed by atoms with E-state index in [0.29, 0.717) is 0 Å². The third-order valence-electron chi connectivity index (χ3n) is 4.34. The molecule has 1 aliphatic rings. The molecule has 0 saturated carbocycles. The summed E-state index contributed by atoms with van der Waals surface area (Å²) in [5.74, 6) is -0.122. The van der Waals surface area contributed by atoms with E-state index in [1.165, 1.54) is 0 Å². The van der Waals surface area contributed by atoms with Gasteiger partial charge in [0.1, 0.15) is 0 Å². The second-order valence-corrected chi connectivity index (χ2v) is 6.34. The summed E-state index contributed by atoms with van der Waals surface area (Å²) in [4.78, 5) is 0. The Hall–Kier alpha value is -0.835. The third-order valence-corrected chi connectivity index (χ3v) is 4.34. The highest BCUT2D eigenvalue weighted by atomic mass is 16.7. The Bertz CT molecular complexity index is 414. The van der Waals surface area contributed by atoms with Crippen molar-refractivity contribution in [1.29, 1.82) is 0 Å². The molecule has 0 amide bonds. The molecule has 0 bridgehead atoms. The van der Waals surface area contributed by atoms with Crippen LogP contribution in [0.25, 0.3) is 0 Å². The maximum Gasteiger partial charge on any atom is 0.463 e. The molecule has 2 atom stereocenters. The smallest absolute Gasteiger partial charge is 0.403 e. The standard InChI is InChI=1S/C15H23BO3/c1-11(13(17)12-9-7-6-8-10-12)16-18-14(2,3)15(4,5)19-16/h6-11,13,17H,1-5H3/t11-,13-/m1/s1. The summed E-state index contributed by atoms with van der Waals surface area (Å²) in [6, 6.07) is 9.64. The molecular weight excluding hydrogens is 239 g/mol. The van der Waals surface area contributed by atoms with Crippen LogP contribution in [0.2, 0.25) is 5.82 Å². The van der Waals surface area contributed by atoms with Gasteiger partial charge in [0.15, 0.2) is 0 Å². The lowest BCUT2D eigenvalue weighted by Crippen LogP contribution is -2.41. The van der Waals surface area contributed by atoms with Gasteiger partial charge in [0.25, 0.3) is 0 Å². The Morgan fingerprint density at radius 3 is 1.95 bits per heavy atom. The first-order chi connectivity index (χ1) is 8.74. The molecule has 0 radical (unpaired) electrons. The molecule has 2 rings (SSSR count). The number of hydrogen-bond donors (Lipinski definition) is 1. The van der Waals surface area contributed by atoms with Gasteiger partial charge in [-0.05, 0) is 33.3 Å². The molecule has 104 valence electrons. The molecule has 1 fully saturated rings. The normalized spacial score (nSPS) is 24.2. The van der Waals surface area contributed by atoms with Gasteiger partial charge in [-0.2, -0.15) is 0 Å². The minimum atomic E-state index is -0.587. The zero-order valence-corrected chi connectivity index (χ0v) is 12.4. The van der Waals surface area contributed by atoms with E-state index in [0.717, 1.165) is 5.56 Å². The average Bonchev–Trinajstić information content (AvgIpc) is 2.58. The van der Waals surface area contributed by atoms with Gasteiger partial charge in [0.2, 0.25) is 0 Å². The van der Waals surface area contributed by atoms with Crippen molar-refractivity contribution in [3.8, 4) is 0 Å². The summed E-state index contributed by atoms with van der Waals surface area (Å²) >= 11 is 0. The highest BCUT2D eigenvalue weighted by Gasteiger charge is 2.53. The van der Waals surface area contributed by atoms with E-state index in [4.69, 9.17) is 9.31 Å². The zero-order valence-electron chi connectivity index (χ0n) is 12.4. The molecule has 1 N–H and O–H groups in total. The Balaban J connectivity index is 2.12. The molecule has 3 nitrogen and oxygen atoms in total. The molecule has 1 aliphatic heterocycles. The van der Waals surface area contributed by atoms with Crippen molar-refractivity contribution >= 4 is 7.12 Å². The van der Waals surface area contributed by atoms with Crippen molar-refractivity contribution in [2.75, 3.05) is 0 Å². The predicted octanol–water partition coefficient (Wildman–Crippen LogP) is 3.20. The minimum absolute atomic E-state index is 0.122. The van der Waals surface area contributed by atoms with Crippen molar-refractivity contribution in [3.05, 3.63) is 35.9 Å². The second kappa shape index (κ2) is 4.93. The first-order valence-corrected chi connectivity index (χ1v) is 6.83. The summed E-state index contributed by atoms with van der Waals surface area (Å²) < 4.78 is 12.0. The Morgan fingerprint density at radius 1 is 1.00 bits per heavy atom. The number of aliphatic hydroxyl groups excluding tert-OH is 1. The molecule has 1 heterocycles. The van der Waals surface area contributed by atoms with Crippen LogP contribution in [0.1, 0.15) is 46.3 Å². The molecule has 0 aromatic heterocycles. The topological polar surface area (TPSA) is 38.7 Å². The molecule has 0 aliphatic carbocycles. The molecule has 1 saturated heterocycles. The van der Waals surface area contributed by atoms with Gasteiger partial charge in [0.05, 0.1) is 17.3 Å². The van der Waals surface area contributed by atoms with E-state index in [9.17, 15) is 5.11 Å². The summed E-state index contributed by atoms with van der Waals surface area (Å²) in [6.45, 7) is 10.0. The van der Waals surface area contributed by atoms with E-state index in [1.807, 2.05) is 65.0 Å². The molecule has 0 unspecified atom stereocenters. The maximum absolute atomic E-state index is 10.4. The Morgan fingerprint density at radius 2 is 1.47 bits per heavy atom. The fourth-order valence-electron chi connectivity index (χ4n) is 2.21. The van der Waals surface area contributed by atoms with Crippen molar-refractivity contribution in [2.45, 2.75) is 57.7 Å². The van der Waals surface area contributed by atoms with Gasteiger partial charge < -0.3 is 14.4 Å². The molecule has 1 aromatic carbocycles. The van der Waals surface area contributed by atoms with Crippen LogP contribution in [0.5, 0.6) is 0 Å². The first-order valence-electron chi connectivity index (χ1n) is 6.83. The highest BCUT2D eigenvalue weighted by Crippen LogP contribution is 2.42. The van der Waals surface area contributed by atoms with Crippen molar-refractivity contribution in [2.24, 2.45) is 0 Å². The van der Waals surface area contributed by atoms with Gasteiger partial charge in [-0.15, -0.1) is 0 Å². The first kappa shape index (κ1) is 14.6. The number of benzene rings is 1. The molecule has 4 heteroatoms. The quantitative estimate of drug-likeness (QED) is 0.850. The number of aliphatic hydroxyl groups is 1. The SMILES string of the molecule is C[C@@H](B1OC(C)(C)C(C)(C)O1)[C@@H](O)c1ccccc1. The molecule has 0 spiro atoms.